The van der Waals surface area contributed by atoms with Gasteiger partial charge in [0.2, 0.25) is 0 Å². The van der Waals surface area contributed by atoms with Gasteiger partial charge in [0.15, 0.2) is 5.69 Å². The number of benzene rings is 2. The van der Waals surface area contributed by atoms with E-state index in [-0.39, 0.29) is 5.91 Å². The van der Waals surface area contributed by atoms with Gasteiger partial charge in [-0.1, -0.05) is 29.8 Å². The number of imidazole rings is 1. The van der Waals surface area contributed by atoms with E-state index in [1.165, 1.54) is 5.56 Å². The fourth-order valence-corrected chi connectivity index (χ4v) is 3.91. The summed E-state index contributed by atoms with van der Waals surface area (Å²) in [6, 6.07) is 15.9. The van der Waals surface area contributed by atoms with E-state index in [2.05, 4.69) is 41.5 Å². The lowest BCUT2D eigenvalue weighted by Gasteiger charge is -2.11. The Kier molecular flexibility index (Phi) is 4.24. The van der Waals surface area contributed by atoms with Crippen LogP contribution >= 0.6 is 0 Å². The molecule has 0 spiro atoms. The molecule has 0 radical (unpaired) electrons. The number of aryl methyl sites for hydroxylation is 1. The highest BCUT2D eigenvalue weighted by Crippen LogP contribution is 2.29. The molecule has 5 rings (SSSR count). The van der Waals surface area contributed by atoms with Crippen molar-refractivity contribution in [3.05, 3.63) is 89.8 Å². The number of carbonyl (C=O) groups excluding carboxylic acids is 1. The molecule has 0 saturated heterocycles. The van der Waals surface area contributed by atoms with Crippen LogP contribution in [0, 0.1) is 6.92 Å². The first kappa shape index (κ1) is 17.4. The summed E-state index contributed by atoms with van der Waals surface area (Å²) >= 11 is 0. The van der Waals surface area contributed by atoms with Gasteiger partial charge in [-0.2, -0.15) is 5.10 Å². The number of hydrogen-bond acceptors (Lipinski definition) is 3. The normalized spacial score (nSPS) is 12.7. The van der Waals surface area contributed by atoms with Gasteiger partial charge in [0.05, 0.1) is 23.4 Å². The van der Waals surface area contributed by atoms with Gasteiger partial charge in [0.25, 0.3) is 5.91 Å². The third-order valence-corrected chi connectivity index (χ3v) is 5.36. The second-order valence-electron chi connectivity index (χ2n) is 7.32. The molecule has 1 aliphatic carbocycles. The predicted octanol–water partition coefficient (Wildman–Crippen LogP) is 4.11. The van der Waals surface area contributed by atoms with E-state index >= 15 is 0 Å². The van der Waals surface area contributed by atoms with E-state index in [0.717, 1.165) is 47.6 Å². The molecule has 2 heterocycles. The highest BCUT2D eigenvalue weighted by molar-refractivity contribution is 6.05. The van der Waals surface area contributed by atoms with E-state index < -0.39 is 0 Å². The maximum absolute atomic E-state index is 13.2. The topological polar surface area (TPSA) is 64.7 Å². The minimum Gasteiger partial charge on any atom is -0.319 e. The minimum absolute atomic E-state index is 0.179. The quantitative estimate of drug-likeness (QED) is 0.577. The highest BCUT2D eigenvalue weighted by atomic mass is 16.2. The Balaban J connectivity index is 1.51. The van der Waals surface area contributed by atoms with Crippen molar-refractivity contribution >= 4 is 11.6 Å². The van der Waals surface area contributed by atoms with Crippen molar-refractivity contribution in [3.8, 4) is 11.4 Å². The Hall–Kier alpha value is -3.67. The number of hydrogen-bond donors (Lipinski definition) is 1. The molecule has 0 bridgehead atoms. The Morgan fingerprint density at radius 1 is 1.07 bits per heavy atom. The fraction of sp³-hybridized carbons (Fsp3) is 0.174. The van der Waals surface area contributed by atoms with Crippen LogP contribution in [-0.2, 0) is 12.8 Å². The number of rotatable bonds is 4. The molecule has 0 saturated carbocycles. The molecule has 4 aromatic rings. The van der Waals surface area contributed by atoms with Gasteiger partial charge >= 0.3 is 0 Å². The summed E-state index contributed by atoms with van der Waals surface area (Å²) < 4.78 is 3.81. The molecule has 0 aliphatic heterocycles. The molecular formula is C23H21N5O. The zero-order chi connectivity index (χ0) is 19.8. The van der Waals surface area contributed by atoms with E-state index in [1.807, 2.05) is 39.7 Å². The van der Waals surface area contributed by atoms with Crippen molar-refractivity contribution in [2.24, 2.45) is 0 Å². The third kappa shape index (κ3) is 3.12. The number of fused-ring (bicyclic) bond motifs is 1. The van der Waals surface area contributed by atoms with Gasteiger partial charge in [-0.25, -0.2) is 9.67 Å². The van der Waals surface area contributed by atoms with Crippen LogP contribution in [0.3, 0.4) is 0 Å². The SMILES string of the molecule is Cc1ccc(-n2nc(C(=O)Nc3ccccc3-n3ccnc3)c3c2CCC3)cc1. The van der Waals surface area contributed by atoms with Crippen LogP contribution in [0.1, 0.15) is 33.7 Å². The average Bonchev–Trinajstić information content (AvgIpc) is 3.47. The number of aromatic nitrogens is 4. The number of para-hydroxylation sites is 2. The summed E-state index contributed by atoms with van der Waals surface area (Å²) in [5, 5.41) is 7.76. The van der Waals surface area contributed by atoms with Crippen molar-refractivity contribution in [2.75, 3.05) is 5.32 Å². The average molecular weight is 383 g/mol. The van der Waals surface area contributed by atoms with Crippen LogP contribution in [0.2, 0.25) is 0 Å². The van der Waals surface area contributed by atoms with Crippen LogP contribution in [-0.4, -0.2) is 25.2 Å². The van der Waals surface area contributed by atoms with E-state index in [9.17, 15) is 4.79 Å². The van der Waals surface area contributed by atoms with Gasteiger partial charge < -0.3 is 9.88 Å². The predicted molar refractivity (Wildman–Crippen MR) is 112 cm³/mol. The first-order chi connectivity index (χ1) is 14.2. The van der Waals surface area contributed by atoms with E-state index in [4.69, 9.17) is 5.10 Å². The van der Waals surface area contributed by atoms with Crippen LogP contribution in [0.5, 0.6) is 0 Å². The largest absolute Gasteiger partial charge is 0.319 e. The van der Waals surface area contributed by atoms with Crippen LogP contribution in [0.25, 0.3) is 11.4 Å². The zero-order valence-corrected chi connectivity index (χ0v) is 16.2. The molecule has 0 atom stereocenters. The van der Waals surface area contributed by atoms with Gasteiger partial charge in [0, 0.05) is 23.7 Å². The van der Waals surface area contributed by atoms with Gasteiger partial charge in [-0.3, -0.25) is 4.79 Å². The molecule has 6 heteroatoms. The first-order valence-corrected chi connectivity index (χ1v) is 9.77. The number of anilines is 1. The maximum atomic E-state index is 13.2. The molecule has 1 aliphatic rings. The molecule has 6 nitrogen and oxygen atoms in total. The molecule has 0 unspecified atom stereocenters. The summed E-state index contributed by atoms with van der Waals surface area (Å²) in [5.41, 5.74) is 6.50. The molecule has 0 fully saturated rings. The van der Waals surface area contributed by atoms with Crippen LogP contribution in [0.4, 0.5) is 5.69 Å². The smallest absolute Gasteiger partial charge is 0.276 e. The molecular weight excluding hydrogens is 362 g/mol. The number of nitrogens with one attached hydrogen (secondary N) is 1. The molecule has 2 aromatic carbocycles. The van der Waals surface area contributed by atoms with E-state index in [0.29, 0.717) is 5.69 Å². The van der Waals surface area contributed by atoms with E-state index in [1.54, 1.807) is 12.5 Å². The molecule has 1 N–H and O–H groups in total. The zero-order valence-electron chi connectivity index (χ0n) is 16.2. The van der Waals surface area contributed by atoms with Crippen LogP contribution < -0.4 is 5.32 Å². The number of nitrogens with zero attached hydrogens (tertiary/aromatic N) is 4. The summed E-state index contributed by atoms with van der Waals surface area (Å²) in [6.45, 7) is 2.06. The van der Waals surface area contributed by atoms with Crippen molar-refractivity contribution < 1.29 is 4.79 Å². The molecule has 144 valence electrons. The summed E-state index contributed by atoms with van der Waals surface area (Å²) in [4.78, 5) is 17.3. The van der Waals surface area contributed by atoms with Gasteiger partial charge in [0.1, 0.15) is 0 Å². The highest BCUT2D eigenvalue weighted by Gasteiger charge is 2.27. The Morgan fingerprint density at radius 2 is 1.90 bits per heavy atom. The summed E-state index contributed by atoms with van der Waals surface area (Å²) in [6.07, 6.45) is 8.16. The minimum atomic E-state index is -0.179. The number of carbonyl (C=O) groups is 1. The van der Waals surface area contributed by atoms with Gasteiger partial charge in [-0.05, 0) is 50.5 Å². The molecule has 2 aromatic heterocycles. The third-order valence-electron chi connectivity index (χ3n) is 5.36. The Labute approximate surface area is 168 Å². The monoisotopic (exact) mass is 383 g/mol. The van der Waals surface area contributed by atoms with Crippen LogP contribution in [0.15, 0.2) is 67.3 Å². The Morgan fingerprint density at radius 3 is 2.69 bits per heavy atom. The standard InChI is InChI=1S/C23H21N5O/c1-16-9-11-17(12-10-16)28-20-8-4-5-18(20)22(26-28)23(29)25-19-6-2-3-7-21(19)27-14-13-24-15-27/h2-3,6-7,9-15H,4-5,8H2,1H3,(H,25,29). The van der Waals surface area contributed by atoms with Crippen molar-refractivity contribution in [1.82, 2.24) is 19.3 Å². The molecule has 29 heavy (non-hydrogen) atoms. The Bertz CT molecular complexity index is 1170. The second-order valence-corrected chi connectivity index (χ2v) is 7.32. The lowest BCUT2D eigenvalue weighted by molar-refractivity contribution is 0.102. The summed E-state index contributed by atoms with van der Waals surface area (Å²) in [5.74, 6) is -0.179. The lowest BCUT2D eigenvalue weighted by atomic mass is 10.2. The van der Waals surface area contributed by atoms with Gasteiger partial charge in [-0.15, -0.1) is 0 Å². The first-order valence-electron chi connectivity index (χ1n) is 9.77. The lowest BCUT2D eigenvalue weighted by Crippen LogP contribution is -2.16. The van der Waals surface area contributed by atoms with Crippen molar-refractivity contribution in [3.63, 3.8) is 0 Å². The summed E-state index contributed by atoms with van der Waals surface area (Å²) in [7, 11) is 0. The second kappa shape index (κ2) is 7.05. The maximum Gasteiger partial charge on any atom is 0.276 e. The molecule has 1 amide bonds. The van der Waals surface area contributed by atoms with Crippen molar-refractivity contribution in [1.29, 1.82) is 0 Å². The fourth-order valence-electron chi connectivity index (χ4n) is 3.91. The van der Waals surface area contributed by atoms with Crippen molar-refractivity contribution in [2.45, 2.75) is 26.2 Å². The number of amides is 1.